The Morgan fingerprint density at radius 1 is 1.04 bits per heavy atom. The van der Waals surface area contributed by atoms with Crippen LogP contribution in [0.1, 0.15) is 26.6 Å². The number of nitrogens with two attached hydrogens (primary N) is 1. The van der Waals surface area contributed by atoms with Gasteiger partial charge in [-0.05, 0) is 18.2 Å². The lowest BCUT2D eigenvalue weighted by atomic mass is 9.95. The predicted molar refractivity (Wildman–Crippen MR) is 93.3 cm³/mol. The number of H-pyrrole nitrogens is 1. The second-order valence-electron chi connectivity index (χ2n) is 6.55. The first-order valence-electron chi connectivity index (χ1n) is 7.59. The predicted octanol–water partition coefficient (Wildman–Crippen LogP) is 2.92. The number of nitrogens with zero attached hydrogens (tertiary/aromatic N) is 3. The van der Waals surface area contributed by atoms with Crippen LogP contribution in [0.4, 0.5) is 5.82 Å². The van der Waals surface area contributed by atoms with Crippen LogP contribution in [0.15, 0.2) is 18.2 Å². The number of hydrogen-bond acceptors (Lipinski definition) is 6. The Kier molecular flexibility index (Phi) is 3.79. The number of nitrogens with one attached hydrogen (secondary N) is 1. The Hall–Kier alpha value is -2.83. The third kappa shape index (κ3) is 2.62. The quantitative estimate of drug-likeness (QED) is 0.767. The zero-order valence-corrected chi connectivity index (χ0v) is 14.5. The monoisotopic (exact) mass is 327 g/mol. The van der Waals surface area contributed by atoms with Gasteiger partial charge in [0.2, 0.25) is 0 Å². The molecule has 0 radical (unpaired) electrons. The second-order valence-corrected chi connectivity index (χ2v) is 6.55. The van der Waals surface area contributed by atoms with Gasteiger partial charge < -0.3 is 15.2 Å². The van der Waals surface area contributed by atoms with Crippen LogP contribution in [0.2, 0.25) is 0 Å². The van der Waals surface area contributed by atoms with Crippen molar-refractivity contribution < 1.29 is 9.47 Å². The van der Waals surface area contributed by atoms with Crippen molar-refractivity contribution in [2.45, 2.75) is 26.2 Å². The molecule has 0 aliphatic carbocycles. The zero-order chi connectivity index (χ0) is 17.5. The van der Waals surface area contributed by atoms with Crippen molar-refractivity contribution in [2.75, 3.05) is 20.0 Å². The molecule has 7 nitrogen and oxygen atoms in total. The molecule has 0 aliphatic heterocycles. The number of aromatic amines is 1. The average Bonchev–Trinajstić information content (AvgIpc) is 2.98. The SMILES string of the molecule is COc1ccc(-c2n[nH]c3nc(C(C)(C)C)nc(N)c23)cc1OC. The molecule has 2 heterocycles. The molecule has 0 amide bonds. The smallest absolute Gasteiger partial charge is 0.161 e. The largest absolute Gasteiger partial charge is 0.493 e. The summed E-state index contributed by atoms with van der Waals surface area (Å²) in [5.74, 6) is 2.36. The van der Waals surface area contributed by atoms with Crippen LogP contribution in [0.25, 0.3) is 22.3 Å². The van der Waals surface area contributed by atoms with Crippen molar-refractivity contribution >= 4 is 16.9 Å². The van der Waals surface area contributed by atoms with E-state index in [1.807, 2.05) is 39.0 Å². The third-order valence-electron chi connectivity index (χ3n) is 3.78. The first-order chi connectivity index (χ1) is 11.3. The second kappa shape index (κ2) is 5.67. The maximum absolute atomic E-state index is 6.20. The maximum Gasteiger partial charge on any atom is 0.161 e. The lowest BCUT2D eigenvalue weighted by Gasteiger charge is -2.16. The molecule has 0 spiro atoms. The Bertz CT molecular complexity index is 896. The summed E-state index contributed by atoms with van der Waals surface area (Å²) >= 11 is 0. The first-order valence-corrected chi connectivity index (χ1v) is 7.59. The minimum absolute atomic E-state index is 0.198. The summed E-state index contributed by atoms with van der Waals surface area (Å²) in [6.07, 6.45) is 0. The van der Waals surface area contributed by atoms with E-state index in [2.05, 4.69) is 20.2 Å². The van der Waals surface area contributed by atoms with E-state index in [4.69, 9.17) is 15.2 Å². The molecular formula is C17H21N5O2. The fraction of sp³-hybridized carbons (Fsp3) is 0.353. The molecule has 24 heavy (non-hydrogen) atoms. The molecule has 0 saturated heterocycles. The van der Waals surface area contributed by atoms with Gasteiger partial charge in [0.15, 0.2) is 17.1 Å². The summed E-state index contributed by atoms with van der Waals surface area (Å²) < 4.78 is 10.6. The number of aromatic nitrogens is 4. The van der Waals surface area contributed by atoms with Crippen LogP contribution >= 0.6 is 0 Å². The number of anilines is 1. The van der Waals surface area contributed by atoms with Crippen molar-refractivity contribution in [2.24, 2.45) is 0 Å². The van der Waals surface area contributed by atoms with Crippen molar-refractivity contribution in [1.82, 2.24) is 20.2 Å². The van der Waals surface area contributed by atoms with Crippen molar-refractivity contribution in [3.8, 4) is 22.8 Å². The van der Waals surface area contributed by atoms with E-state index >= 15 is 0 Å². The molecule has 0 atom stereocenters. The summed E-state index contributed by atoms with van der Waals surface area (Å²) in [4.78, 5) is 9.02. The van der Waals surface area contributed by atoms with Gasteiger partial charge in [0, 0.05) is 11.0 Å². The molecule has 3 N–H and O–H groups in total. The fourth-order valence-corrected chi connectivity index (χ4v) is 2.49. The van der Waals surface area contributed by atoms with Crippen LogP contribution in [0, 0.1) is 0 Å². The van der Waals surface area contributed by atoms with Crippen LogP contribution in [0.3, 0.4) is 0 Å². The van der Waals surface area contributed by atoms with E-state index in [1.54, 1.807) is 14.2 Å². The highest BCUT2D eigenvalue weighted by Gasteiger charge is 2.22. The Morgan fingerprint density at radius 2 is 1.75 bits per heavy atom. The highest BCUT2D eigenvalue weighted by Crippen LogP contribution is 2.35. The zero-order valence-electron chi connectivity index (χ0n) is 14.5. The Morgan fingerprint density at radius 3 is 2.38 bits per heavy atom. The Balaban J connectivity index is 2.18. The highest BCUT2D eigenvalue weighted by molar-refractivity contribution is 5.98. The number of fused-ring (bicyclic) bond motifs is 1. The molecular weight excluding hydrogens is 306 g/mol. The topological polar surface area (TPSA) is 98.9 Å². The third-order valence-corrected chi connectivity index (χ3v) is 3.78. The summed E-state index contributed by atoms with van der Waals surface area (Å²) in [7, 11) is 3.19. The number of nitrogen functional groups attached to an aromatic ring is 1. The number of rotatable bonds is 3. The first kappa shape index (κ1) is 16.0. The summed E-state index contributed by atoms with van der Waals surface area (Å²) in [5, 5.41) is 8.03. The molecule has 0 aliphatic rings. The number of ether oxygens (including phenoxy) is 2. The van der Waals surface area contributed by atoms with E-state index in [-0.39, 0.29) is 5.41 Å². The normalized spacial score (nSPS) is 11.7. The van der Waals surface area contributed by atoms with Gasteiger partial charge >= 0.3 is 0 Å². The van der Waals surface area contributed by atoms with Gasteiger partial charge in [0.05, 0.1) is 19.6 Å². The molecule has 1 aromatic carbocycles. The molecule has 7 heteroatoms. The molecule has 0 saturated carbocycles. The van der Waals surface area contributed by atoms with Crippen LogP contribution in [-0.2, 0) is 5.41 Å². The van der Waals surface area contributed by atoms with E-state index in [0.29, 0.717) is 39.9 Å². The van der Waals surface area contributed by atoms with E-state index in [9.17, 15) is 0 Å². The van der Waals surface area contributed by atoms with E-state index in [1.165, 1.54) is 0 Å². The molecule has 3 aromatic rings. The molecule has 126 valence electrons. The van der Waals surface area contributed by atoms with Gasteiger partial charge in [-0.3, -0.25) is 5.10 Å². The van der Waals surface area contributed by atoms with Crippen molar-refractivity contribution in [3.63, 3.8) is 0 Å². The Labute approximate surface area is 140 Å². The van der Waals surface area contributed by atoms with Gasteiger partial charge in [-0.25, -0.2) is 9.97 Å². The summed E-state index contributed by atoms with van der Waals surface area (Å²) in [5.41, 5.74) is 8.15. The number of hydrogen-bond donors (Lipinski definition) is 2. The van der Waals surface area contributed by atoms with Gasteiger partial charge in [0.25, 0.3) is 0 Å². The molecule has 0 unspecified atom stereocenters. The van der Waals surface area contributed by atoms with Crippen LogP contribution in [-0.4, -0.2) is 34.4 Å². The average molecular weight is 327 g/mol. The highest BCUT2D eigenvalue weighted by atomic mass is 16.5. The molecule has 3 rings (SSSR count). The maximum atomic E-state index is 6.20. The minimum Gasteiger partial charge on any atom is -0.493 e. The number of benzene rings is 1. The van der Waals surface area contributed by atoms with Crippen LogP contribution in [0.5, 0.6) is 11.5 Å². The van der Waals surface area contributed by atoms with E-state index < -0.39 is 0 Å². The minimum atomic E-state index is -0.198. The van der Waals surface area contributed by atoms with Crippen molar-refractivity contribution in [1.29, 1.82) is 0 Å². The van der Waals surface area contributed by atoms with Gasteiger partial charge in [-0.15, -0.1) is 0 Å². The lowest BCUT2D eigenvalue weighted by molar-refractivity contribution is 0.355. The summed E-state index contributed by atoms with van der Waals surface area (Å²) in [6.45, 7) is 6.12. The van der Waals surface area contributed by atoms with Crippen LogP contribution < -0.4 is 15.2 Å². The van der Waals surface area contributed by atoms with Gasteiger partial charge in [-0.2, -0.15) is 5.10 Å². The van der Waals surface area contributed by atoms with Gasteiger partial charge in [0.1, 0.15) is 17.3 Å². The molecule has 0 fully saturated rings. The lowest BCUT2D eigenvalue weighted by Crippen LogP contribution is -2.17. The van der Waals surface area contributed by atoms with Gasteiger partial charge in [-0.1, -0.05) is 20.8 Å². The molecule has 2 aromatic heterocycles. The fourth-order valence-electron chi connectivity index (χ4n) is 2.49. The number of methoxy groups -OCH3 is 2. The standard InChI is InChI=1S/C17H21N5O2/c1-17(2,3)16-19-14(18)12-13(21-22-15(12)20-16)9-6-7-10(23-4)11(8-9)24-5/h6-8H,1-5H3,(H3,18,19,20,21,22). The van der Waals surface area contributed by atoms with Crippen molar-refractivity contribution in [3.05, 3.63) is 24.0 Å². The summed E-state index contributed by atoms with van der Waals surface area (Å²) in [6, 6.07) is 5.58. The van der Waals surface area contributed by atoms with E-state index in [0.717, 1.165) is 5.56 Å². The molecule has 0 bridgehead atoms.